The van der Waals surface area contributed by atoms with Gasteiger partial charge in [0.2, 0.25) is 0 Å². The van der Waals surface area contributed by atoms with Crippen molar-refractivity contribution in [3.05, 3.63) is 0 Å². The van der Waals surface area contributed by atoms with E-state index >= 15 is 0 Å². The van der Waals surface area contributed by atoms with Crippen LogP contribution in [0.5, 0.6) is 0 Å². The molecule has 0 rings (SSSR count). The van der Waals surface area contributed by atoms with Crippen molar-refractivity contribution < 1.29 is 25.8 Å². The minimum Gasteiger partial charge on any atom is -0.273 e. The molecule has 0 spiro atoms. The summed E-state index contributed by atoms with van der Waals surface area (Å²) in [5, 5.41) is 0. The van der Waals surface area contributed by atoms with Crippen LogP contribution in [0.4, 0.5) is 13.2 Å². The first-order valence-corrected chi connectivity index (χ1v) is 4.69. The zero-order valence-corrected chi connectivity index (χ0v) is 7.20. The van der Waals surface area contributed by atoms with Crippen molar-refractivity contribution in [2.75, 3.05) is 12.9 Å². The topological polar surface area (TPSA) is 43.4 Å². The molecule has 0 atom stereocenters. The van der Waals surface area contributed by atoms with Gasteiger partial charge in [0.15, 0.2) is 0 Å². The molecule has 7 heteroatoms. The van der Waals surface area contributed by atoms with Crippen molar-refractivity contribution in [2.45, 2.75) is 19.0 Å². The number of alkyl halides is 3. The average Bonchev–Trinajstić information content (AvgIpc) is 1.84. The predicted octanol–water partition coefficient (Wildman–Crippen LogP) is 1.31. The standard InChI is InChI=1S/C5H9F3O3S/c1-11-12(9,10)4-2-3-5(6,7)8/h2-4H2,1H3. The third-order valence-electron chi connectivity index (χ3n) is 1.11. The fourth-order valence-electron chi connectivity index (χ4n) is 0.533. The highest BCUT2D eigenvalue weighted by Gasteiger charge is 2.27. The Kier molecular flexibility index (Phi) is 3.98. The summed E-state index contributed by atoms with van der Waals surface area (Å²) in [5.74, 6) is -0.594. The van der Waals surface area contributed by atoms with Gasteiger partial charge in [-0.15, -0.1) is 0 Å². The van der Waals surface area contributed by atoms with Crippen LogP contribution < -0.4 is 0 Å². The van der Waals surface area contributed by atoms with Crippen LogP contribution in [0.2, 0.25) is 0 Å². The molecule has 0 amide bonds. The van der Waals surface area contributed by atoms with E-state index in [2.05, 4.69) is 4.18 Å². The lowest BCUT2D eigenvalue weighted by Crippen LogP contribution is -2.13. The van der Waals surface area contributed by atoms with Gasteiger partial charge in [0.25, 0.3) is 10.1 Å². The molecule has 0 radical (unpaired) electrons. The lowest BCUT2D eigenvalue weighted by atomic mass is 10.3. The Morgan fingerprint density at radius 3 is 2.17 bits per heavy atom. The minimum absolute atomic E-state index is 0.459. The van der Waals surface area contributed by atoms with E-state index < -0.39 is 34.9 Å². The fourth-order valence-corrected chi connectivity index (χ4v) is 1.20. The smallest absolute Gasteiger partial charge is 0.273 e. The van der Waals surface area contributed by atoms with Crippen molar-refractivity contribution in [1.82, 2.24) is 0 Å². The first-order chi connectivity index (χ1) is 5.27. The van der Waals surface area contributed by atoms with E-state index in [0.29, 0.717) is 0 Å². The summed E-state index contributed by atoms with van der Waals surface area (Å²) in [6, 6.07) is 0. The van der Waals surface area contributed by atoms with Gasteiger partial charge in [0.05, 0.1) is 12.9 Å². The van der Waals surface area contributed by atoms with E-state index in [4.69, 9.17) is 0 Å². The van der Waals surface area contributed by atoms with Crippen molar-refractivity contribution in [2.24, 2.45) is 0 Å². The maximum atomic E-state index is 11.5. The normalized spacial score (nSPS) is 13.3. The number of hydrogen-bond acceptors (Lipinski definition) is 3. The maximum absolute atomic E-state index is 11.5. The molecule has 0 fully saturated rings. The summed E-state index contributed by atoms with van der Waals surface area (Å²) in [7, 11) is -2.82. The number of rotatable bonds is 4. The number of halogens is 3. The van der Waals surface area contributed by atoms with Crippen LogP contribution in [0.15, 0.2) is 0 Å². The summed E-state index contributed by atoms with van der Waals surface area (Å²) in [6.07, 6.45) is -5.86. The second-order valence-corrected chi connectivity index (χ2v) is 4.00. The van der Waals surface area contributed by atoms with E-state index in [9.17, 15) is 21.6 Å². The van der Waals surface area contributed by atoms with Gasteiger partial charge in [-0.2, -0.15) is 21.6 Å². The Labute approximate surface area is 68.6 Å². The van der Waals surface area contributed by atoms with Gasteiger partial charge in [0, 0.05) is 6.42 Å². The van der Waals surface area contributed by atoms with Crippen LogP contribution in [0, 0.1) is 0 Å². The van der Waals surface area contributed by atoms with E-state index in [1.54, 1.807) is 0 Å². The van der Waals surface area contributed by atoms with Crippen LogP contribution >= 0.6 is 0 Å². The van der Waals surface area contributed by atoms with Crippen LogP contribution in [0.1, 0.15) is 12.8 Å². The lowest BCUT2D eigenvalue weighted by Gasteiger charge is -2.04. The molecule has 0 N–H and O–H groups in total. The highest BCUT2D eigenvalue weighted by atomic mass is 32.2. The van der Waals surface area contributed by atoms with Crippen LogP contribution in [-0.4, -0.2) is 27.5 Å². The van der Waals surface area contributed by atoms with Gasteiger partial charge in [-0.3, -0.25) is 4.18 Å². The third kappa shape index (κ3) is 6.41. The molecule has 0 unspecified atom stereocenters. The van der Waals surface area contributed by atoms with E-state index in [1.807, 2.05) is 0 Å². The predicted molar refractivity (Wildman–Crippen MR) is 36.1 cm³/mol. The van der Waals surface area contributed by atoms with Gasteiger partial charge in [-0.1, -0.05) is 0 Å². The van der Waals surface area contributed by atoms with E-state index in [-0.39, 0.29) is 0 Å². The van der Waals surface area contributed by atoms with Crippen molar-refractivity contribution in [3.63, 3.8) is 0 Å². The molecule has 3 nitrogen and oxygen atoms in total. The SMILES string of the molecule is COS(=O)(=O)CCCC(F)(F)F. The molecule has 0 saturated carbocycles. The zero-order chi connectivity index (χ0) is 9.83. The molecule has 0 saturated heterocycles. The Balaban J connectivity index is 3.73. The molecular formula is C5H9F3O3S. The molecule has 0 aliphatic carbocycles. The van der Waals surface area contributed by atoms with Gasteiger partial charge in [-0.05, 0) is 6.42 Å². The highest BCUT2D eigenvalue weighted by molar-refractivity contribution is 7.86. The monoisotopic (exact) mass is 206 g/mol. The lowest BCUT2D eigenvalue weighted by molar-refractivity contribution is -0.134. The minimum atomic E-state index is -4.30. The fraction of sp³-hybridized carbons (Fsp3) is 1.00. The third-order valence-corrected chi connectivity index (χ3v) is 2.41. The van der Waals surface area contributed by atoms with Crippen molar-refractivity contribution in [1.29, 1.82) is 0 Å². The largest absolute Gasteiger partial charge is 0.389 e. The summed E-state index contributed by atoms with van der Waals surface area (Å²) < 4.78 is 59.4. The molecule has 0 bridgehead atoms. The number of hydrogen-bond donors (Lipinski definition) is 0. The molecular weight excluding hydrogens is 197 g/mol. The molecule has 0 aliphatic heterocycles. The van der Waals surface area contributed by atoms with E-state index in [0.717, 1.165) is 7.11 Å². The first-order valence-electron chi connectivity index (χ1n) is 3.12. The molecule has 0 aromatic carbocycles. The molecule has 0 aromatic rings. The van der Waals surface area contributed by atoms with Crippen molar-refractivity contribution in [3.8, 4) is 0 Å². The summed E-state index contributed by atoms with van der Waals surface area (Å²) >= 11 is 0. The van der Waals surface area contributed by atoms with E-state index in [1.165, 1.54) is 0 Å². The Morgan fingerprint density at radius 2 is 1.83 bits per heavy atom. The van der Waals surface area contributed by atoms with Gasteiger partial charge in [0.1, 0.15) is 0 Å². The van der Waals surface area contributed by atoms with Gasteiger partial charge < -0.3 is 0 Å². The second kappa shape index (κ2) is 4.08. The summed E-state index contributed by atoms with van der Waals surface area (Å²) in [5.41, 5.74) is 0. The Hall–Kier alpha value is -0.300. The molecule has 74 valence electrons. The molecule has 12 heavy (non-hydrogen) atoms. The van der Waals surface area contributed by atoms with Crippen LogP contribution in [-0.2, 0) is 14.3 Å². The van der Waals surface area contributed by atoms with Crippen LogP contribution in [0.3, 0.4) is 0 Å². The van der Waals surface area contributed by atoms with Crippen LogP contribution in [0.25, 0.3) is 0 Å². The quantitative estimate of drug-likeness (QED) is 0.651. The Morgan fingerprint density at radius 1 is 1.33 bits per heavy atom. The first kappa shape index (κ1) is 11.7. The second-order valence-electron chi connectivity index (χ2n) is 2.15. The summed E-state index contributed by atoms with van der Waals surface area (Å²) in [6.45, 7) is 0. The molecule has 0 heterocycles. The van der Waals surface area contributed by atoms with Gasteiger partial charge >= 0.3 is 6.18 Å². The average molecular weight is 206 g/mol. The summed E-state index contributed by atoms with van der Waals surface area (Å²) in [4.78, 5) is 0. The van der Waals surface area contributed by atoms with Crippen molar-refractivity contribution >= 4 is 10.1 Å². The highest BCUT2D eigenvalue weighted by Crippen LogP contribution is 2.21. The Bertz CT molecular complexity index is 219. The maximum Gasteiger partial charge on any atom is 0.389 e. The van der Waals surface area contributed by atoms with Gasteiger partial charge in [-0.25, -0.2) is 0 Å². The molecule has 0 aliphatic rings. The zero-order valence-electron chi connectivity index (χ0n) is 6.39. The molecule has 0 aromatic heterocycles.